The van der Waals surface area contributed by atoms with Crippen molar-refractivity contribution in [2.45, 2.75) is 62.7 Å². The quantitative estimate of drug-likeness (QED) is 0.753. The maximum absolute atomic E-state index is 3.58. The highest BCUT2D eigenvalue weighted by Gasteiger charge is 2.25. The summed E-state index contributed by atoms with van der Waals surface area (Å²) in [5.41, 5.74) is 1.71. The molecule has 1 N–H and O–H groups in total. The largest absolute Gasteiger partial charge is 0.312 e. The molecule has 1 heterocycles. The Morgan fingerprint density at radius 1 is 1.25 bits per heavy atom. The molecule has 0 saturated carbocycles. The van der Waals surface area contributed by atoms with E-state index >= 15 is 0 Å². The second kappa shape index (κ2) is 6.70. The van der Waals surface area contributed by atoms with Gasteiger partial charge in [-0.15, -0.1) is 0 Å². The molecule has 0 amide bonds. The molecule has 1 nitrogen and oxygen atoms in total. The molecule has 1 saturated heterocycles. The van der Waals surface area contributed by atoms with Crippen LogP contribution in [0.2, 0.25) is 0 Å². The normalized spacial score (nSPS) is 29.3. The predicted octanol–water partition coefficient (Wildman–Crippen LogP) is 3.75. The number of hydrogen-bond donors (Lipinski definition) is 1. The zero-order chi connectivity index (χ0) is 11.2. The predicted molar refractivity (Wildman–Crippen MR) is 74.1 cm³/mol. The Hall–Kier alpha value is 0.0500. The second-order valence-electron chi connectivity index (χ2n) is 5.05. The molecule has 1 aliphatic carbocycles. The molecule has 2 rings (SSSR count). The third-order valence-electron chi connectivity index (χ3n) is 3.87. The minimum Gasteiger partial charge on any atom is -0.312 e. The average molecular weight is 239 g/mol. The smallest absolute Gasteiger partial charge is 0.0397 e. The highest BCUT2D eigenvalue weighted by molar-refractivity contribution is 8.00. The molecule has 0 radical (unpaired) electrons. The summed E-state index contributed by atoms with van der Waals surface area (Å²) in [6, 6.07) is 0.656. The van der Waals surface area contributed by atoms with Crippen LogP contribution in [0.4, 0.5) is 0 Å². The Kier molecular flexibility index (Phi) is 5.24. The third kappa shape index (κ3) is 3.27. The van der Waals surface area contributed by atoms with E-state index in [1.165, 1.54) is 57.1 Å². The van der Waals surface area contributed by atoms with Gasteiger partial charge >= 0.3 is 0 Å². The fourth-order valence-electron chi connectivity index (χ4n) is 2.96. The van der Waals surface area contributed by atoms with Crippen LogP contribution in [0.1, 0.15) is 51.4 Å². The molecule has 2 aliphatic rings. The molecule has 2 atom stereocenters. The monoisotopic (exact) mass is 239 g/mol. The summed E-state index contributed by atoms with van der Waals surface area (Å²) in [6.45, 7) is 0. The van der Waals surface area contributed by atoms with E-state index in [9.17, 15) is 0 Å². The zero-order valence-electron chi connectivity index (χ0n) is 10.5. The van der Waals surface area contributed by atoms with Crippen LogP contribution in [0.15, 0.2) is 11.6 Å². The maximum atomic E-state index is 3.58. The van der Waals surface area contributed by atoms with Crippen molar-refractivity contribution in [3.05, 3.63) is 11.6 Å². The topological polar surface area (TPSA) is 12.0 Å². The Morgan fingerprint density at radius 2 is 2.19 bits per heavy atom. The average Bonchev–Trinajstić information content (AvgIpc) is 2.61. The van der Waals surface area contributed by atoms with Gasteiger partial charge in [0, 0.05) is 11.3 Å². The van der Waals surface area contributed by atoms with Gasteiger partial charge in [0.2, 0.25) is 0 Å². The number of likely N-dealkylation sites (N-methyl/N-ethyl adjacent to an activating group) is 1. The lowest BCUT2D eigenvalue weighted by atomic mass is 9.96. The Morgan fingerprint density at radius 3 is 2.94 bits per heavy atom. The molecule has 2 heteroatoms. The lowest BCUT2D eigenvalue weighted by molar-refractivity contribution is 0.530. The molecule has 0 bridgehead atoms. The van der Waals surface area contributed by atoms with E-state index in [1.807, 2.05) is 0 Å². The molecule has 1 aliphatic heterocycles. The fraction of sp³-hybridized carbons (Fsp3) is 0.857. The van der Waals surface area contributed by atoms with Crippen LogP contribution in [0.5, 0.6) is 0 Å². The standard InChI is InChI=1S/C14H25NS/c1-15-14(13-10-6-7-11-16-13)12-8-4-2-3-5-9-12/h8,13-15H,2-7,9-11H2,1H3. The SMILES string of the molecule is CNC(C1=CCCCCC1)C1CCCCS1. The molecular weight excluding hydrogens is 214 g/mol. The van der Waals surface area contributed by atoms with E-state index in [2.05, 4.69) is 30.2 Å². The summed E-state index contributed by atoms with van der Waals surface area (Å²) in [6.07, 6.45) is 13.7. The summed E-state index contributed by atoms with van der Waals surface area (Å²) >= 11 is 2.19. The van der Waals surface area contributed by atoms with Crippen LogP contribution < -0.4 is 5.32 Å². The van der Waals surface area contributed by atoms with E-state index in [0.29, 0.717) is 6.04 Å². The zero-order valence-corrected chi connectivity index (χ0v) is 11.3. The highest BCUT2D eigenvalue weighted by atomic mass is 32.2. The molecule has 16 heavy (non-hydrogen) atoms. The fourth-order valence-corrected chi connectivity index (χ4v) is 4.47. The summed E-state index contributed by atoms with van der Waals surface area (Å²) in [5.74, 6) is 1.37. The van der Waals surface area contributed by atoms with Crippen molar-refractivity contribution in [3.8, 4) is 0 Å². The summed E-state index contributed by atoms with van der Waals surface area (Å²) in [7, 11) is 2.14. The van der Waals surface area contributed by atoms with Crippen molar-refractivity contribution < 1.29 is 0 Å². The Balaban J connectivity index is 1.98. The van der Waals surface area contributed by atoms with Gasteiger partial charge in [-0.3, -0.25) is 0 Å². The Bertz CT molecular complexity index is 231. The third-order valence-corrected chi connectivity index (χ3v) is 5.33. The van der Waals surface area contributed by atoms with Crippen LogP contribution in [-0.2, 0) is 0 Å². The molecule has 0 spiro atoms. The first-order valence-corrected chi connectivity index (χ1v) is 7.94. The van der Waals surface area contributed by atoms with Crippen LogP contribution >= 0.6 is 11.8 Å². The molecule has 0 aromatic heterocycles. The Labute approximate surface area is 104 Å². The first-order chi connectivity index (χ1) is 7.92. The van der Waals surface area contributed by atoms with Crippen molar-refractivity contribution >= 4 is 11.8 Å². The van der Waals surface area contributed by atoms with E-state index in [-0.39, 0.29) is 0 Å². The van der Waals surface area contributed by atoms with Gasteiger partial charge in [-0.25, -0.2) is 0 Å². The van der Waals surface area contributed by atoms with Gasteiger partial charge in [0.25, 0.3) is 0 Å². The van der Waals surface area contributed by atoms with Crippen molar-refractivity contribution in [1.29, 1.82) is 0 Å². The number of allylic oxidation sites excluding steroid dienone is 1. The van der Waals surface area contributed by atoms with Gasteiger partial charge in [0.1, 0.15) is 0 Å². The summed E-state index contributed by atoms with van der Waals surface area (Å²) < 4.78 is 0. The molecule has 92 valence electrons. The molecule has 0 aromatic carbocycles. The minimum atomic E-state index is 0.656. The van der Waals surface area contributed by atoms with Crippen molar-refractivity contribution in [2.24, 2.45) is 0 Å². The molecule has 0 aromatic rings. The first kappa shape index (κ1) is 12.5. The highest BCUT2D eigenvalue weighted by Crippen LogP contribution is 2.32. The van der Waals surface area contributed by atoms with Crippen molar-refractivity contribution in [2.75, 3.05) is 12.8 Å². The van der Waals surface area contributed by atoms with Crippen molar-refractivity contribution in [3.63, 3.8) is 0 Å². The second-order valence-corrected chi connectivity index (χ2v) is 6.40. The minimum absolute atomic E-state index is 0.656. The van der Waals surface area contributed by atoms with Crippen molar-refractivity contribution in [1.82, 2.24) is 5.32 Å². The van der Waals surface area contributed by atoms with Crippen LogP contribution in [0.25, 0.3) is 0 Å². The van der Waals surface area contributed by atoms with Gasteiger partial charge < -0.3 is 5.32 Å². The number of nitrogens with one attached hydrogen (secondary N) is 1. The maximum Gasteiger partial charge on any atom is 0.0397 e. The first-order valence-electron chi connectivity index (χ1n) is 6.89. The van der Waals surface area contributed by atoms with E-state index in [1.54, 1.807) is 5.57 Å². The van der Waals surface area contributed by atoms with E-state index in [0.717, 1.165) is 5.25 Å². The van der Waals surface area contributed by atoms with Crippen LogP contribution in [-0.4, -0.2) is 24.1 Å². The molecular formula is C14H25NS. The van der Waals surface area contributed by atoms with Crippen LogP contribution in [0, 0.1) is 0 Å². The number of thioether (sulfide) groups is 1. The van der Waals surface area contributed by atoms with Gasteiger partial charge in [0.15, 0.2) is 0 Å². The molecule has 1 fully saturated rings. The lowest BCUT2D eigenvalue weighted by Crippen LogP contribution is -2.38. The van der Waals surface area contributed by atoms with Gasteiger partial charge in [-0.1, -0.05) is 24.5 Å². The summed E-state index contributed by atoms with van der Waals surface area (Å²) in [4.78, 5) is 0. The van der Waals surface area contributed by atoms with E-state index in [4.69, 9.17) is 0 Å². The number of hydrogen-bond acceptors (Lipinski definition) is 2. The molecule has 2 unspecified atom stereocenters. The van der Waals surface area contributed by atoms with Gasteiger partial charge in [-0.05, 0) is 51.3 Å². The van der Waals surface area contributed by atoms with Gasteiger partial charge in [0.05, 0.1) is 0 Å². The summed E-state index contributed by atoms with van der Waals surface area (Å²) in [5, 5.41) is 4.42. The number of rotatable bonds is 3. The van der Waals surface area contributed by atoms with E-state index < -0.39 is 0 Å². The van der Waals surface area contributed by atoms with Gasteiger partial charge in [-0.2, -0.15) is 11.8 Å². The van der Waals surface area contributed by atoms with Crippen LogP contribution in [0.3, 0.4) is 0 Å². The lowest BCUT2D eigenvalue weighted by Gasteiger charge is -2.31.